The average molecular weight is 210 g/mol. The maximum Gasteiger partial charge on any atom is 0.198 e. The number of terminal acetylenes is 1. The van der Waals surface area contributed by atoms with Crippen LogP contribution in [0.25, 0.3) is 0 Å². The minimum atomic E-state index is -2.30. The molecule has 13 heavy (non-hydrogen) atoms. The zero-order valence-corrected chi connectivity index (χ0v) is 7.18. The smallest absolute Gasteiger partial charge is 0.198 e. The zero-order chi connectivity index (χ0) is 10.9. The van der Waals surface area contributed by atoms with Crippen LogP contribution in [0.15, 0.2) is 0 Å². The van der Waals surface area contributed by atoms with Crippen LogP contribution >= 0.6 is 8.69 Å². The monoisotopic (exact) mass is 210 g/mol. The lowest BCUT2D eigenvalue weighted by molar-refractivity contribution is -0.693. The molecule has 0 amide bonds. The number of hydrogen-bond donors (Lipinski definition) is 3. The van der Waals surface area contributed by atoms with Crippen LogP contribution in [-0.4, -0.2) is 33.8 Å². The Morgan fingerprint density at radius 1 is 1.69 bits per heavy atom. The van der Waals surface area contributed by atoms with E-state index in [1.807, 2.05) is 0 Å². The number of hydrogen-bond acceptors (Lipinski definition) is 7. The molecule has 8 heteroatoms. The van der Waals surface area contributed by atoms with E-state index >= 15 is 0 Å². The first-order chi connectivity index (χ1) is 5.98. The standard InChI is InChI=1S/C5H8O5.HO2P/c1-2-5(8,3-10-9)4(6)7;1-3-2/h1,4,6-9H,3H2;(H,1,2)/p-2/t5-;/m1./s1. The Balaban J connectivity index is 0. The van der Waals surface area contributed by atoms with Crippen LogP contribution in [0.5, 0.6) is 0 Å². The van der Waals surface area contributed by atoms with Crippen LogP contribution in [0.3, 0.4) is 0 Å². The van der Waals surface area contributed by atoms with Crippen molar-refractivity contribution < 1.29 is 34.9 Å². The number of rotatable bonds is 3. The van der Waals surface area contributed by atoms with Gasteiger partial charge in [0.05, 0.1) is 15.3 Å². The minimum absolute atomic E-state index is 0.860. The first-order valence-electron chi connectivity index (χ1n) is 2.74. The number of aliphatic hydroxyl groups is 3. The van der Waals surface area contributed by atoms with E-state index in [0.29, 0.717) is 0 Å². The highest BCUT2D eigenvalue weighted by Gasteiger charge is 2.31. The molecule has 0 saturated heterocycles. The predicted molar refractivity (Wildman–Crippen MR) is 35.6 cm³/mol. The van der Waals surface area contributed by atoms with Gasteiger partial charge in [-0.1, -0.05) is 5.92 Å². The second kappa shape index (κ2) is 8.04. The van der Waals surface area contributed by atoms with Crippen molar-refractivity contribution in [3.63, 3.8) is 0 Å². The van der Waals surface area contributed by atoms with Gasteiger partial charge in [0.15, 0.2) is 11.9 Å². The second-order valence-corrected chi connectivity index (χ2v) is 1.93. The summed E-state index contributed by atoms with van der Waals surface area (Å²) in [4.78, 5) is 11.5. The Bertz CT molecular complexity index is 176. The lowest BCUT2D eigenvalue weighted by Crippen LogP contribution is -2.46. The topological polar surface area (TPSA) is 133 Å². The molecule has 0 aliphatic rings. The van der Waals surface area contributed by atoms with E-state index in [0.717, 1.165) is 0 Å². The molecule has 0 heterocycles. The van der Waals surface area contributed by atoms with Crippen molar-refractivity contribution >= 4 is 8.69 Å². The zero-order valence-electron chi connectivity index (χ0n) is 6.28. The molecule has 0 rings (SSSR count). The lowest BCUT2D eigenvalue weighted by atomic mass is 10.1. The molecule has 0 aromatic rings. The molecule has 0 bridgehead atoms. The molecule has 76 valence electrons. The summed E-state index contributed by atoms with van der Waals surface area (Å²) in [6, 6.07) is 0. The van der Waals surface area contributed by atoms with Crippen molar-refractivity contribution in [3.8, 4) is 12.3 Å². The van der Waals surface area contributed by atoms with Crippen molar-refractivity contribution in [2.75, 3.05) is 6.61 Å². The van der Waals surface area contributed by atoms with Crippen molar-refractivity contribution in [3.05, 3.63) is 0 Å². The van der Waals surface area contributed by atoms with Crippen LogP contribution in [0, 0.1) is 12.3 Å². The Morgan fingerprint density at radius 3 is 2.15 bits per heavy atom. The van der Waals surface area contributed by atoms with Crippen molar-refractivity contribution in [2.24, 2.45) is 0 Å². The Kier molecular flexibility index (Phi) is 9.22. The summed E-state index contributed by atoms with van der Waals surface area (Å²) in [5.74, 6) is 1.61. The highest BCUT2D eigenvalue weighted by atomic mass is 31.1. The van der Waals surface area contributed by atoms with Gasteiger partial charge in [-0.2, -0.15) is 0 Å². The van der Waals surface area contributed by atoms with Crippen LogP contribution in [0.2, 0.25) is 0 Å². The summed E-state index contributed by atoms with van der Waals surface area (Å²) < 4.78 is 8.35. The highest BCUT2D eigenvalue weighted by molar-refractivity contribution is 7.14. The molecule has 0 saturated carbocycles. The molecule has 0 spiro atoms. The molecule has 0 aliphatic carbocycles. The fourth-order valence-corrected chi connectivity index (χ4v) is 0.281. The van der Waals surface area contributed by atoms with Gasteiger partial charge in [0.1, 0.15) is 0 Å². The summed E-state index contributed by atoms with van der Waals surface area (Å²) in [7, 11) is -1.08. The van der Waals surface area contributed by atoms with Crippen molar-refractivity contribution in [2.45, 2.75) is 11.9 Å². The van der Waals surface area contributed by atoms with E-state index in [2.05, 4.69) is 11.3 Å². The Morgan fingerprint density at radius 2 is 2.08 bits per heavy atom. The van der Waals surface area contributed by atoms with E-state index in [9.17, 15) is 5.26 Å². The van der Waals surface area contributed by atoms with Crippen LogP contribution in [0.1, 0.15) is 0 Å². The Hall–Kier alpha value is -0.580. The first-order valence-corrected chi connectivity index (χ1v) is 3.47. The van der Waals surface area contributed by atoms with Gasteiger partial charge in [0.2, 0.25) is 0 Å². The average Bonchev–Trinajstić information content (AvgIpc) is 2.06. The first kappa shape index (κ1) is 14.9. The third-order valence-corrected chi connectivity index (χ3v) is 0.956. The van der Waals surface area contributed by atoms with Gasteiger partial charge in [-0.15, -0.1) is 6.42 Å². The third-order valence-electron chi connectivity index (χ3n) is 0.956. The Labute approximate surface area is 75.4 Å². The van der Waals surface area contributed by atoms with Crippen LogP contribution < -0.4 is 10.2 Å². The van der Waals surface area contributed by atoms with E-state index < -0.39 is 27.2 Å². The maximum atomic E-state index is 9.43. The van der Waals surface area contributed by atoms with Crippen LogP contribution in [0.4, 0.5) is 0 Å². The van der Waals surface area contributed by atoms with E-state index in [1.165, 1.54) is 0 Å². The summed E-state index contributed by atoms with van der Waals surface area (Å²) in [6.45, 7) is -0.860. The molecular formula is C5H7O7P-2. The summed E-state index contributed by atoms with van der Waals surface area (Å²) in [6.07, 6.45) is 2.48. The van der Waals surface area contributed by atoms with E-state index in [-0.39, 0.29) is 0 Å². The molecule has 0 aromatic carbocycles. The molecule has 1 atom stereocenters. The molecule has 0 radical (unpaired) electrons. The van der Waals surface area contributed by atoms with Crippen molar-refractivity contribution in [1.29, 1.82) is 0 Å². The minimum Gasteiger partial charge on any atom is -0.772 e. The molecule has 0 aromatic heterocycles. The fourth-order valence-electron chi connectivity index (χ4n) is 0.281. The molecular weight excluding hydrogens is 203 g/mol. The molecule has 0 unspecified atom stereocenters. The maximum absolute atomic E-state index is 9.43. The van der Waals surface area contributed by atoms with E-state index in [1.54, 1.807) is 5.92 Å². The summed E-state index contributed by atoms with van der Waals surface area (Å²) in [5.41, 5.74) is -2.30. The molecule has 0 aliphatic heterocycles. The van der Waals surface area contributed by atoms with Gasteiger partial charge in [-0.3, -0.25) is 4.57 Å². The van der Waals surface area contributed by atoms with Gasteiger partial charge in [-0.25, -0.2) is 0 Å². The normalized spacial score (nSPS) is 14.2. The van der Waals surface area contributed by atoms with Crippen LogP contribution in [-0.2, 0) is 9.45 Å². The molecule has 0 fully saturated rings. The third kappa shape index (κ3) is 6.57. The summed E-state index contributed by atoms with van der Waals surface area (Å²) in [5, 5.41) is 35.0. The van der Waals surface area contributed by atoms with Gasteiger partial charge in [0, 0.05) is 0 Å². The van der Waals surface area contributed by atoms with Gasteiger partial charge in [0.25, 0.3) is 0 Å². The van der Waals surface area contributed by atoms with Crippen molar-refractivity contribution in [1.82, 2.24) is 0 Å². The van der Waals surface area contributed by atoms with Gasteiger partial charge in [-0.05, 0) is 0 Å². The summed E-state index contributed by atoms with van der Waals surface area (Å²) >= 11 is 0. The predicted octanol–water partition coefficient (Wildman–Crippen LogP) is -3.49. The highest BCUT2D eigenvalue weighted by Crippen LogP contribution is 2.06. The van der Waals surface area contributed by atoms with Gasteiger partial charge >= 0.3 is 0 Å². The van der Waals surface area contributed by atoms with E-state index in [4.69, 9.17) is 24.8 Å². The van der Waals surface area contributed by atoms with Gasteiger partial charge < -0.3 is 30.4 Å². The fraction of sp³-hybridized carbons (Fsp3) is 0.600. The SMILES string of the molecule is C#C[C@@](O)(CO[O-])C(O)O.O=P[O-]. The lowest BCUT2D eigenvalue weighted by Gasteiger charge is -2.24. The second-order valence-electron chi connectivity index (χ2n) is 1.78. The largest absolute Gasteiger partial charge is 0.772 e. The number of aliphatic hydroxyl groups excluding tert-OH is 1. The molecule has 7 nitrogen and oxygen atoms in total. The quantitative estimate of drug-likeness (QED) is 0.145. The molecule has 3 N–H and O–H groups in total.